The van der Waals surface area contributed by atoms with Gasteiger partial charge in [0.1, 0.15) is 5.69 Å². The van der Waals surface area contributed by atoms with Crippen molar-refractivity contribution in [3.63, 3.8) is 0 Å². The van der Waals surface area contributed by atoms with E-state index in [0.29, 0.717) is 12.5 Å². The van der Waals surface area contributed by atoms with E-state index < -0.39 is 11.9 Å². The summed E-state index contributed by atoms with van der Waals surface area (Å²) < 4.78 is 5.46. The number of anilines is 1. The van der Waals surface area contributed by atoms with Crippen molar-refractivity contribution in [2.45, 2.75) is 32.6 Å². The van der Waals surface area contributed by atoms with E-state index in [1.54, 1.807) is 0 Å². The van der Waals surface area contributed by atoms with E-state index in [1.807, 2.05) is 6.07 Å². The number of benzene rings is 1. The molecule has 0 fully saturated rings. The Hall–Kier alpha value is -3.47. The third-order valence-corrected chi connectivity index (χ3v) is 3.73. The number of hydrogen-bond donors (Lipinski definition) is 1. The molecular weight excluding hydrogens is 348 g/mol. The fourth-order valence-corrected chi connectivity index (χ4v) is 2.29. The van der Waals surface area contributed by atoms with Gasteiger partial charge >= 0.3 is 0 Å². The predicted octanol–water partition coefficient (Wildman–Crippen LogP) is 1.92. The zero-order valence-corrected chi connectivity index (χ0v) is 14.9. The molecule has 8 nitrogen and oxygen atoms in total. The first-order valence-electron chi connectivity index (χ1n) is 8.56. The Kier molecular flexibility index (Phi) is 7.26. The summed E-state index contributed by atoms with van der Waals surface area (Å²) in [7, 11) is 0. The minimum Gasteiger partial charge on any atom is -0.545 e. The number of nitrogens with zero attached hydrogens (tertiary/aromatic N) is 3. The number of rotatable bonds is 9. The molecule has 1 aromatic heterocycles. The lowest BCUT2D eigenvalue weighted by molar-refractivity contribution is -0.254. The Labute approximate surface area is 156 Å². The van der Waals surface area contributed by atoms with Crippen LogP contribution in [0.15, 0.2) is 30.6 Å². The standard InChI is InChI=1S/C19H20N4O4/c1-2-3-4-5-8-27-17-12-21-16(11-22-17)18(24)23-15-7-6-13(10-20)9-14(15)19(25)26/h6-7,9,11-12H,2-5,8H2,1H3,(H,23,24)(H,25,26)/p-1. The molecular formula is C19H19N4O4-. The molecule has 1 amide bonds. The van der Waals surface area contributed by atoms with Crippen LogP contribution in [0.2, 0.25) is 0 Å². The molecule has 0 atom stereocenters. The van der Waals surface area contributed by atoms with Crippen LogP contribution in [-0.2, 0) is 0 Å². The van der Waals surface area contributed by atoms with Crippen LogP contribution in [0.3, 0.4) is 0 Å². The van der Waals surface area contributed by atoms with Crippen LogP contribution in [0.1, 0.15) is 59.0 Å². The van der Waals surface area contributed by atoms with Gasteiger partial charge in [-0.1, -0.05) is 26.2 Å². The van der Waals surface area contributed by atoms with E-state index in [9.17, 15) is 14.7 Å². The molecule has 0 saturated carbocycles. The van der Waals surface area contributed by atoms with Gasteiger partial charge in [-0.15, -0.1) is 0 Å². The average Bonchev–Trinajstić information content (AvgIpc) is 2.68. The molecule has 0 saturated heterocycles. The van der Waals surface area contributed by atoms with E-state index >= 15 is 0 Å². The number of carbonyl (C=O) groups excluding carboxylic acids is 2. The molecule has 8 heteroatoms. The van der Waals surface area contributed by atoms with Gasteiger partial charge in [-0.2, -0.15) is 5.26 Å². The first kappa shape index (κ1) is 19.8. The van der Waals surface area contributed by atoms with Gasteiger partial charge in [0, 0.05) is 5.56 Å². The molecule has 0 aliphatic rings. The van der Waals surface area contributed by atoms with Gasteiger partial charge in [-0.3, -0.25) is 4.79 Å². The van der Waals surface area contributed by atoms with Crippen LogP contribution in [0.25, 0.3) is 0 Å². The minimum atomic E-state index is -1.50. The van der Waals surface area contributed by atoms with Crippen molar-refractivity contribution in [2.24, 2.45) is 0 Å². The molecule has 1 heterocycles. The predicted molar refractivity (Wildman–Crippen MR) is 95.1 cm³/mol. The molecule has 1 aromatic carbocycles. The number of ether oxygens (including phenoxy) is 1. The van der Waals surface area contributed by atoms with Gasteiger partial charge in [0.05, 0.1) is 42.3 Å². The number of carboxylic acids is 1. The number of carboxylic acid groups (broad SMARTS) is 1. The Morgan fingerprint density at radius 3 is 2.67 bits per heavy atom. The zero-order valence-electron chi connectivity index (χ0n) is 14.9. The summed E-state index contributed by atoms with van der Waals surface area (Å²) >= 11 is 0. The third-order valence-electron chi connectivity index (χ3n) is 3.73. The van der Waals surface area contributed by atoms with Crippen molar-refractivity contribution in [2.75, 3.05) is 11.9 Å². The van der Waals surface area contributed by atoms with Gasteiger partial charge < -0.3 is 20.0 Å². The second-order valence-electron chi connectivity index (χ2n) is 5.76. The highest BCUT2D eigenvalue weighted by Crippen LogP contribution is 2.18. The summed E-state index contributed by atoms with van der Waals surface area (Å²) in [4.78, 5) is 31.5. The van der Waals surface area contributed by atoms with Crippen molar-refractivity contribution >= 4 is 17.6 Å². The molecule has 0 radical (unpaired) electrons. The molecule has 0 unspecified atom stereocenters. The van der Waals surface area contributed by atoms with Crippen LogP contribution in [0, 0.1) is 11.3 Å². The van der Waals surface area contributed by atoms with Gasteiger partial charge in [0.2, 0.25) is 5.88 Å². The number of hydrogen-bond acceptors (Lipinski definition) is 7. The number of nitrogens with one attached hydrogen (secondary N) is 1. The quantitative estimate of drug-likeness (QED) is 0.670. The average molecular weight is 367 g/mol. The normalized spacial score (nSPS) is 10.1. The summed E-state index contributed by atoms with van der Waals surface area (Å²) in [5, 5.41) is 22.5. The number of aromatic nitrogens is 2. The van der Waals surface area contributed by atoms with Crippen molar-refractivity contribution in [3.05, 3.63) is 47.4 Å². The van der Waals surface area contributed by atoms with E-state index in [4.69, 9.17) is 10.00 Å². The molecule has 27 heavy (non-hydrogen) atoms. The second-order valence-corrected chi connectivity index (χ2v) is 5.76. The molecule has 2 aromatic rings. The third kappa shape index (κ3) is 5.78. The van der Waals surface area contributed by atoms with Gasteiger partial charge in [-0.25, -0.2) is 9.97 Å². The maximum atomic E-state index is 12.3. The molecule has 0 bridgehead atoms. The summed E-state index contributed by atoms with van der Waals surface area (Å²) in [6.45, 7) is 2.66. The topological polar surface area (TPSA) is 128 Å². The van der Waals surface area contributed by atoms with Crippen LogP contribution >= 0.6 is 0 Å². The highest BCUT2D eigenvalue weighted by Gasteiger charge is 2.12. The number of nitriles is 1. The summed E-state index contributed by atoms with van der Waals surface area (Å²) in [5.41, 5.74) is -0.131. The smallest absolute Gasteiger partial charge is 0.275 e. The Balaban J connectivity index is 2.00. The number of aromatic carboxylic acids is 1. The summed E-state index contributed by atoms with van der Waals surface area (Å²) in [6, 6.07) is 5.67. The van der Waals surface area contributed by atoms with Crippen molar-refractivity contribution < 1.29 is 19.4 Å². The Morgan fingerprint density at radius 2 is 2.04 bits per heavy atom. The zero-order chi connectivity index (χ0) is 19.6. The van der Waals surface area contributed by atoms with Crippen LogP contribution < -0.4 is 15.2 Å². The van der Waals surface area contributed by atoms with Crippen LogP contribution in [0.4, 0.5) is 5.69 Å². The lowest BCUT2D eigenvalue weighted by atomic mass is 10.1. The van der Waals surface area contributed by atoms with Crippen molar-refractivity contribution in [1.29, 1.82) is 5.26 Å². The maximum Gasteiger partial charge on any atom is 0.275 e. The monoisotopic (exact) mass is 367 g/mol. The fraction of sp³-hybridized carbons (Fsp3) is 0.316. The lowest BCUT2D eigenvalue weighted by Gasteiger charge is -2.12. The van der Waals surface area contributed by atoms with E-state index in [-0.39, 0.29) is 22.5 Å². The number of amides is 1. The highest BCUT2D eigenvalue weighted by atomic mass is 16.5. The van der Waals surface area contributed by atoms with Gasteiger partial charge in [0.15, 0.2) is 0 Å². The number of unbranched alkanes of at least 4 members (excludes halogenated alkanes) is 3. The second kappa shape index (κ2) is 9.87. The summed E-state index contributed by atoms with van der Waals surface area (Å²) in [5.74, 6) is -1.82. The first-order valence-corrected chi connectivity index (χ1v) is 8.56. The fourth-order valence-electron chi connectivity index (χ4n) is 2.29. The van der Waals surface area contributed by atoms with Crippen molar-refractivity contribution in [3.8, 4) is 11.9 Å². The molecule has 0 aliphatic heterocycles. The maximum absolute atomic E-state index is 12.3. The minimum absolute atomic E-state index is 0.00184. The van der Waals surface area contributed by atoms with Gasteiger partial charge in [-0.05, 0) is 24.6 Å². The van der Waals surface area contributed by atoms with Crippen LogP contribution in [0.5, 0.6) is 5.88 Å². The van der Waals surface area contributed by atoms with Crippen molar-refractivity contribution in [1.82, 2.24) is 9.97 Å². The van der Waals surface area contributed by atoms with E-state index in [2.05, 4.69) is 22.2 Å². The van der Waals surface area contributed by atoms with Crippen LogP contribution in [-0.4, -0.2) is 28.5 Å². The van der Waals surface area contributed by atoms with E-state index in [1.165, 1.54) is 24.5 Å². The van der Waals surface area contributed by atoms with E-state index in [0.717, 1.165) is 31.7 Å². The molecule has 0 spiro atoms. The summed E-state index contributed by atoms with van der Waals surface area (Å²) in [6.07, 6.45) is 6.88. The Bertz CT molecular complexity index is 844. The molecule has 2 rings (SSSR count). The largest absolute Gasteiger partial charge is 0.545 e. The molecule has 140 valence electrons. The highest BCUT2D eigenvalue weighted by molar-refractivity contribution is 6.06. The molecule has 0 aliphatic carbocycles. The Morgan fingerprint density at radius 1 is 1.22 bits per heavy atom. The lowest BCUT2D eigenvalue weighted by Crippen LogP contribution is -2.25. The van der Waals surface area contributed by atoms with Gasteiger partial charge in [0.25, 0.3) is 5.91 Å². The number of carbonyl (C=O) groups is 2. The SMILES string of the molecule is CCCCCCOc1cnc(C(=O)Nc2ccc(C#N)cc2C(=O)[O-])cn1. The first-order chi connectivity index (χ1) is 13.0. The molecule has 1 N–H and O–H groups in total.